The number of carbonyl (C=O) groups excluding carboxylic acids is 2. The molecule has 0 aliphatic heterocycles. The molecule has 3 aromatic carbocycles. The van der Waals surface area contributed by atoms with E-state index in [1.54, 1.807) is 36.4 Å². The molecule has 0 aliphatic carbocycles. The van der Waals surface area contributed by atoms with Crippen LogP contribution >= 0.6 is 0 Å². The number of benzene rings is 3. The van der Waals surface area contributed by atoms with Crippen LogP contribution in [0.25, 0.3) is 0 Å². The predicted molar refractivity (Wildman–Crippen MR) is 152 cm³/mol. The van der Waals surface area contributed by atoms with Gasteiger partial charge in [-0.05, 0) is 55.7 Å². The van der Waals surface area contributed by atoms with E-state index in [9.17, 15) is 22.4 Å². The number of hydrogen-bond donors (Lipinski definition) is 1. The summed E-state index contributed by atoms with van der Waals surface area (Å²) in [4.78, 5) is 29.0. The van der Waals surface area contributed by atoms with Gasteiger partial charge in [0.15, 0.2) is 0 Å². The van der Waals surface area contributed by atoms with E-state index in [4.69, 9.17) is 0 Å². The van der Waals surface area contributed by atoms with Gasteiger partial charge in [-0.1, -0.05) is 67.1 Å². The number of rotatable bonds is 12. The Morgan fingerprint density at radius 2 is 1.54 bits per heavy atom. The monoisotopic (exact) mass is 553 g/mol. The van der Waals surface area contributed by atoms with E-state index in [0.717, 1.165) is 21.7 Å². The second kappa shape index (κ2) is 13.4. The highest BCUT2D eigenvalue weighted by Crippen LogP contribution is 2.21. The van der Waals surface area contributed by atoms with E-state index in [0.29, 0.717) is 17.7 Å². The average molecular weight is 554 g/mol. The van der Waals surface area contributed by atoms with Crippen LogP contribution in [0.2, 0.25) is 0 Å². The maximum Gasteiger partial charge on any atom is 0.244 e. The zero-order valence-electron chi connectivity index (χ0n) is 22.8. The van der Waals surface area contributed by atoms with Crippen LogP contribution in [0.3, 0.4) is 0 Å². The highest BCUT2D eigenvalue weighted by molar-refractivity contribution is 7.92. The minimum atomic E-state index is -3.83. The minimum Gasteiger partial charge on any atom is -0.352 e. The fourth-order valence-electron chi connectivity index (χ4n) is 4.11. The third kappa shape index (κ3) is 8.64. The molecule has 3 aromatic rings. The Morgan fingerprint density at radius 3 is 2.10 bits per heavy atom. The molecule has 9 heteroatoms. The third-order valence-corrected chi connectivity index (χ3v) is 7.68. The Balaban J connectivity index is 2.04. The molecular weight excluding hydrogens is 517 g/mol. The highest BCUT2D eigenvalue weighted by atomic mass is 32.2. The minimum absolute atomic E-state index is 0.00393. The zero-order valence-corrected chi connectivity index (χ0v) is 23.6. The summed E-state index contributed by atoms with van der Waals surface area (Å²) in [5.41, 5.74) is 2.75. The van der Waals surface area contributed by atoms with Crippen LogP contribution in [-0.4, -0.2) is 50.0 Å². The van der Waals surface area contributed by atoms with E-state index in [2.05, 4.69) is 5.32 Å². The van der Waals surface area contributed by atoms with E-state index in [1.807, 2.05) is 51.1 Å². The second-order valence-electron chi connectivity index (χ2n) is 9.78. The molecule has 0 bridgehead atoms. The van der Waals surface area contributed by atoms with Gasteiger partial charge in [0.2, 0.25) is 21.8 Å². The van der Waals surface area contributed by atoms with Crippen LogP contribution in [0, 0.1) is 12.7 Å². The van der Waals surface area contributed by atoms with Crippen LogP contribution in [0.1, 0.15) is 37.0 Å². The van der Waals surface area contributed by atoms with Crippen molar-refractivity contribution in [1.29, 1.82) is 0 Å². The van der Waals surface area contributed by atoms with Gasteiger partial charge in [-0.3, -0.25) is 13.9 Å². The van der Waals surface area contributed by atoms with Gasteiger partial charge in [0.1, 0.15) is 18.4 Å². The SMILES string of the molecule is CC[C@H](C)NC(=O)[C@H](Cc1ccccc1)N(Cc1ccc(F)cc1)C(=O)CN(c1ccc(C)cc1)S(C)(=O)=O. The Kier molecular flexibility index (Phi) is 10.2. The molecular formula is C30H36FN3O4S. The zero-order chi connectivity index (χ0) is 28.6. The number of carbonyl (C=O) groups is 2. The van der Waals surface area contributed by atoms with Crippen LogP contribution in [0.4, 0.5) is 10.1 Å². The summed E-state index contributed by atoms with van der Waals surface area (Å²) in [5.74, 6) is -1.31. The third-order valence-electron chi connectivity index (χ3n) is 6.54. The second-order valence-corrected chi connectivity index (χ2v) is 11.7. The number of nitrogens with zero attached hydrogens (tertiary/aromatic N) is 2. The number of amides is 2. The molecule has 0 fully saturated rings. The van der Waals surface area contributed by atoms with Crippen molar-refractivity contribution in [2.24, 2.45) is 0 Å². The lowest BCUT2D eigenvalue weighted by Gasteiger charge is -2.34. The lowest BCUT2D eigenvalue weighted by Crippen LogP contribution is -2.54. The van der Waals surface area contributed by atoms with Crippen LogP contribution < -0.4 is 9.62 Å². The first-order valence-corrected chi connectivity index (χ1v) is 14.7. The van der Waals surface area contributed by atoms with Crippen LogP contribution in [0.5, 0.6) is 0 Å². The maximum atomic E-state index is 14.0. The molecule has 208 valence electrons. The first-order chi connectivity index (χ1) is 18.5. The highest BCUT2D eigenvalue weighted by Gasteiger charge is 2.33. The number of halogens is 1. The summed E-state index contributed by atoms with van der Waals surface area (Å²) < 4.78 is 40.2. The van der Waals surface area contributed by atoms with Crippen molar-refractivity contribution >= 4 is 27.5 Å². The Morgan fingerprint density at radius 1 is 0.923 bits per heavy atom. The van der Waals surface area contributed by atoms with Crippen molar-refractivity contribution in [2.45, 2.75) is 52.2 Å². The van der Waals surface area contributed by atoms with Gasteiger partial charge in [0.05, 0.1) is 11.9 Å². The fourth-order valence-corrected chi connectivity index (χ4v) is 4.96. The molecule has 0 heterocycles. The summed E-state index contributed by atoms with van der Waals surface area (Å²) >= 11 is 0. The first kappa shape index (κ1) is 29.8. The Hall–Kier alpha value is -3.72. The van der Waals surface area contributed by atoms with Crippen molar-refractivity contribution in [1.82, 2.24) is 10.2 Å². The van der Waals surface area contributed by atoms with Gasteiger partial charge in [-0.2, -0.15) is 0 Å². The maximum absolute atomic E-state index is 14.0. The van der Waals surface area contributed by atoms with Gasteiger partial charge >= 0.3 is 0 Å². The van der Waals surface area contributed by atoms with Crippen molar-refractivity contribution in [2.75, 3.05) is 17.1 Å². The molecule has 2 amide bonds. The fraction of sp³-hybridized carbons (Fsp3) is 0.333. The molecule has 0 saturated carbocycles. The largest absolute Gasteiger partial charge is 0.352 e. The normalized spacial score (nSPS) is 12.8. The molecule has 3 rings (SSSR count). The smallest absolute Gasteiger partial charge is 0.244 e. The quantitative estimate of drug-likeness (QED) is 0.359. The molecule has 1 N–H and O–H groups in total. The Bertz CT molecular complexity index is 1350. The van der Waals surface area contributed by atoms with E-state index >= 15 is 0 Å². The predicted octanol–water partition coefficient (Wildman–Crippen LogP) is 4.45. The van der Waals surface area contributed by atoms with Gasteiger partial charge in [0, 0.05) is 19.0 Å². The lowest BCUT2D eigenvalue weighted by molar-refractivity contribution is -0.140. The number of anilines is 1. The number of nitrogens with one attached hydrogen (secondary N) is 1. The number of aryl methyl sites for hydroxylation is 1. The molecule has 2 atom stereocenters. The van der Waals surface area contributed by atoms with Crippen molar-refractivity contribution in [3.05, 3.63) is 101 Å². The number of sulfonamides is 1. The lowest BCUT2D eigenvalue weighted by atomic mass is 10.0. The van der Waals surface area contributed by atoms with E-state index in [1.165, 1.54) is 17.0 Å². The molecule has 0 radical (unpaired) electrons. The summed E-state index contributed by atoms with van der Waals surface area (Å²) in [6, 6.07) is 20.8. The topological polar surface area (TPSA) is 86.8 Å². The van der Waals surface area contributed by atoms with Gasteiger partial charge in [0.25, 0.3) is 0 Å². The van der Waals surface area contributed by atoms with Gasteiger partial charge in [-0.15, -0.1) is 0 Å². The van der Waals surface area contributed by atoms with E-state index < -0.39 is 34.3 Å². The summed E-state index contributed by atoms with van der Waals surface area (Å²) in [7, 11) is -3.83. The van der Waals surface area contributed by atoms with Gasteiger partial charge < -0.3 is 10.2 Å². The van der Waals surface area contributed by atoms with Crippen LogP contribution in [0.15, 0.2) is 78.9 Å². The summed E-state index contributed by atoms with van der Waals surface area (Å²) in [6.07, 6.45) is 1.96. The number of hydrogen-bond acceptors (Lipinski definition) is 4. The van der Waals surface area contributed by atoms with E-state index in [-0.39, 0.29) is 24.9 Å². The molecule has 0 aliphatic rings. The average Bonchev–Trinajstić information content (AvgIpc) is 2.90. The first-order valence-electron chi connectivity index (χ1n) is 12.9. The van der Waals surface area contributed by atoms with Crippen molar-refractivity contribution < 1.29 is 22.4 Å². The van der Waals surface area contributed by atoms with Crippen molar-refractivity contribution in [3.63, 3.8) is 0 Å². The van der Waals surface area contributed by atoms with Crippen LogP contribution in [-0.2, 0) is 32.6 Å². The molecule has 0 unspecified atom stereocenters. The standard InChI is InChI=1S/C30H36FN3O4S/c1-5-23(3)32-30(36)28(19-24-9-7-6-8-10-24)33(20-25-13-15-26(31)16-14-25)29(35)21-34(39(4,37)38)27-17-11-22(2)12-18-27/h6-18,23,28H,5,19-21H2,1-4H3,(H,32,36)/t23-,28-/m0/s1. The van der Waals surface area contributed by atoms with Gasteiger partial charge in [-0.25, -0.2) is 12.8 Å². The Labute approximate surface area is 230 Å². The molecule has 39 heavy (non-hydrogen) atoms. The van der Waals surface area contributed by atoms with Crippen molar-refractivity contribution in [3.8, 4) is 0 Å². The molecule has 0 saturated heterocycles. The summed E-state index contributed by atoms with van der Waals surface area (Å²) in [6.45, 7) is 5.21. The molecule has 7 nitrogen and oxygen atoms in total. The summed E-state index contributed by atoms with van der Waals surface area (Å²) in [5, 5.41) is 2.98. The molecule has 0 aromatic heterocycles. The molecule has 0 spiro atoms.